The summed E-state index contributed by atoms with van der Waals surface area (Å²) in [6.45, 7) is 80.5. The van der Waals surface area contributed by atoms with Gasteiger partial charge in [-0.25, -0.2) is 22.8 Å². The van der Waals surface area contributed by atoms with Crippen LogP contribution >= 0.6 is 0 Å². The highest BCUT2D eigenvalue weighted by molar-refractivity contribution is 5.88. The topological polar surface area (TPSA) is 34.9 Å². The Morgan fingerprint density at radius 1 is 0.160 bits per heavy atom. The number of rotatable bonds is 18. The lowest BCUT2D eigenvalue weighted by Crippen LogP contribution is -2.41. The Kier molecular flexibility index (Phi) is 41.8. The molecule has 0 bridgehead atoms. The molecule has 0 aliphatic rings. The van der Waals surface area contributed by atoms with Gasteiger partial charge in [-0.1, -0.05) is 252 Å². The molecule has 9 aromatic carbocycles. The van der Waals surface area contributed by atoms with Crippen molar-refractivity contribution in [1.82, 2.24) is 0 Å². The molecule has 0 amide bonds. The Balaban J connectivity index is 0.000000166. The Hall–Kier alpha value is -12.3. The maximum Gasteiger partial charge on any atom is 0.212 e. The summed E-state index contributed by atoms with van der Waals surface area (Å²) in [6.07, 6.45) is 28.9. The first-order chi connectivity index (χ1) is 68.3. The summed E-state index contributed by atoms with van der Waals surface area (Å²) in [5.74, 6) is 5.18. The zero-order chi connectivity index (χ0) is 105. The van der Waals surface area contributed by atoms with Crippen LogP contribution in [0.15, 0.2) is 329 Å². The summed E-state index contributed by atoms with van der Waals surface area (Å²) < 4.78 is 20.9. The zero-order valence-corrected chi connectivity index (χ0v) is 95.1. The third kappa shape index (κ3) is 30.0. The molecular formula is C135H180N9+9. The van der Waals surface area contributed by atoms with Crippen LogP contribution in [0.5, 0.6) is 0 Å². The number of pyridine rings is 9. The molecule has 0 saturated heterocycles. The van der Waals surface area contributed by atoms with Gasteiger partial charge < -0.3 is 0 Å². The van der Waals surface area contributed by atoms with Crippen LogP contribution < -0.4 is 41.1 Å². The van der Waals surface area contributed by atoms with Gasteiger partial charge in [-0.2, -0.15) is 18.3 Å². The van der Waals surface area contributed by atoms with Crippen molar-refractivity contribution in [3.63, 3.8) is 0 Å². The third-order valence-electron chi connectivity index (χ3n) is 27.6. The number of hydrogen-bond donors (Lipinski definition) is 0. The molecule has 9 nitrogen and oxygen atoms in total. The van der Waals surface area contributed by atoms with Gasteiger partial charge in [-0.05, 0) is 287 Å². The number of benzene rings is 9. The maximum atomic E-state index is 2.44. The van der Waals surface area contributed by atoms with Gasteiger partial charge in [0.25, 0.3) is 0 Å². The van der Waals surface area contributed by atoms with Crippen molar-refractivity contribution in [1.29, 1.82) is 0 Å². The van der Waals surface area contributed by atoms with Crippen molar-refractivity contribution in [2.24, 2.45) is 0 Å². The van der Waals surface area contributed by atoms with Gasteiger partial charge in [0.15, 0.2) is 146 Å². The van der Waals surface area contributed by atoms with E-state index in [1.54, 1.807) is 0 Å². The minimum Gasteiger partial charge on any atom is -0.202 e. The fourth-order valence-electron chi connectivity index (χ4n) is 18.9. The molecule has 9 heterocycles. The van der Waals surface area contributed by atoms with E-state index in [4.69, 9.17) is 0 Å². The molecule has 0 aliphatic carbocycles. The maximum absolute atomic E-state index is 2.44. The van der Waals surface area contributed by atoms with Gasteiger partial charge in [-0.3, -0.25) is 0 Å². The first-order valence-corrected chi connectivity index (χ1v) is 54.3. The van der Waals surface area contributed by atoms with Crippen LogP contribution in [-0.2, 0) is 0 Å². The third-order valence-corrected chi connectivity index (χ3v) is 27.6. The SMILES string of the molecule is CC(C)c1c2ccccc2cc[n+]1C(C)C.CC(C)c1c[n+](C(C)C)cc2ccccc12.CC(C)c1cc2ccccc2[n+](C(C)C)c1.CC(C)c1cc[n+](C(C)C)c2ccccc12.CC(C)c1ccc2c[n+](C(C)C)ccc2c1.CC(C)c1ccc2cc[n+](C(C)C)cc2c1.CC(C)c1ccc2ccccc2[n+]1C(C)C.CC(C)c1cccc2c[n+](C(C)C)ccc12.CC(C)c1cccc2cc[n+](C(C)C)cc12. The molecule has 18 rings (SSSR count). The van der Waals surface area contributed by atoms with Crippen LogP contribution in [0.4, 0.5) is 0 Å². The Bertz CT molecular complexity index is 6770. The molecule has 0 atom stereocenters. The molecule has 0 N–H and O–H groups in total. The van der Waals surface area contributed by atoms with Gasteiger partial charge in [0, 0.05) is 132 Å². The van der Waals surface area contributed by atoms with E-state index in [0.717, 1.165) is 0 Å². The summed E-state index contributed by atoms with van der Waals surface area (Å²) in [5, 5.41) is 20.2. The second kappa shape index (κ2) is 53.0. The molecule has 0 aliphatic heterocycles. The summed E-state index contributed by atoms with van der Waals surface area (Å²) >= 11 is 0. The van der Waals surface area contributed by atoms with Gasteiger partial charge in [0.05, 0.1) is 0 Å². The summed E-state index contributed by atoms with van der Waals surface area (Å²) in [4.78, 5) is 0. The summed E-state index contributed by atoms with van der Waals surface area (Å²) in [6, 6.07) is 94.6. The standard InChI is InChI=1S/9C15H20N/c1-11(2)13-5-6-15-10-16(12(3)4)8-7-14(15)9-13;1-11(2)14-6-5-13-7-8-16(12(3)4)10-15(13)9-14;1-11(2)14-7-5-6-13-10-16(12(3)4)9-8-15(13)14;1-11(2)14-7-5-6-13-8-9-16(12(3)4)10-15(13)14;1-11(2)14-9-13-7-5-6-8-15(13)16(10-14)12(3)4;1-11(2)15-10-16(12(3)4)9-13-7-5-6-8-14(13)15;1-11(2)13-9-10-16(12(3)4)15-8-6-5-7-14(13)15;1-11(2)14-10-9-13-7-5-6-8-15(13)16(14)12(3)4;1-11(2)15-14-8-6-5-7-13(14)9-10-16(15)12(3)4/h9*5-12H,1-4H3/q9*+1. The van der Waals surface area contributed by atoms with Crippen LogP contribution in [-0.4, -0.2) is 0 Å². The number of aromatic nitrogens is 9. The van der Waals surface area contributed by atoms with E-state index in [1.807, 2.05) is 0 Å². The average molecular weight is 1930 g/mol. The van der Waals surface area contributed by atoms with E-state index in [2.05, 4.69) is 620 Å². The first-order valence-electron chi connectivity index (χ1n) is 54.3. The van der Waals surface area contributed by atoms with Crippen molar-refractivity contribution in [2.45, 2.75) is 357 Å². The predicted octanol–water partition coefficient (Wildman–Crippen LogP) is 34.5. The predicted molar refractivity (Wildman–Crippen MR) is 618 cm³/mol. The second-order valence-corrected chi connectivity index (χ2v) is 44.8. The fourth-order valence-corrected chi connectivity index (χ4v) is 18.9. The quantitative estimate of drug-likeness (QED) is 0.0768. The highest BCUT2D eigenvalue weighted by Gasteiger charge is 2.26. The van der Waals surface area contributed by atoms with E-state index in [-0.39, 0.29) is 0 Å². The monoisotopic (exact) mass is 1930 g/mol. The largest absolute Gasteiger partial charge is 0.212 e. The van der Waals surface area contributed by atoms with Gasteiger partial charge >= 0.3 is 0 Å². The molecule has 756 valence electrons. The van der Waals surface area contributed by atoms with Crippen molar-refractivity contribution < 1.29 is 41.1 Å². The van der Waals surface area contributed by atoms with E-state index < -0.39 is 0 Å². The Morgan fingerprint density at radius 3 is 1.04 bits per heavy atom. The zero-order valence-electron chi connectivity index (χ0n) is 95.1. The molecular weight excluding hydrogens is 1750 g/mol. The minimum absolute atomic E-state index is 0.503. The van der Waals surface area contributed by atoms with Crippen molar-refractivity contribution in [3.05, 3.63) is 380 Å². The molecule has 0 fully saturated rings. The van der Waals surface area contributed by atoms with E-state index in [9.17, 15) is 0 Å². The van der Waals surface area contributed by atoms with Crippen molar-refractivity contribution >= 4 is 97.3 Å². The molecule has 144 heavy (non-hydrogen) atoms. The van der Waals surface area contributed by atoms with E-state index in [1.165, 1.54) is 148 Å². The molecule has 18 aromatic rings. The lowest BCUT2D eigenvalue weighted by atomic mass is 9.97. The Labute approximate surface area is 869 Å². The number of para-hydroxylation sites is 3. The summed E-state index contributed by atoms with van der Waals surface area (Å²) in [5.41, 5.74) is 16.8. The van der Waals surface area contributed by atoms with E-state index >= 15 is 0 Å². The van der Waals surface area contributed by atoms with E-state index in [0.29, 0.717) is 108 Å². The van der Waals surface area contributed by atoms with Gasteiger partial charge in [0.1, 0.15) is 0 Å². The number of hydrogen-bond acceptors (Lipinski definition) is 0. The van der Waals surface area contributed by atoms with Crippen LogP contribution in [0.25, 0.3) is 97.3 Å². The van der Waals surface area contributed by atoms with Gasteiger partial charge in [-0.15, -0.1) is 0 Å². The smallest absolute Gasteiger partial charge is 0.202 e. The second-order valence-electron chi connectivity index (χ2n) is 44.8. The molecule has 0 spiro atoms. The highest BCUT2D eigenvalue weighted by Crippen LogP contribution is 2.32. The van der Waals surface area contributed by atoms with Crippen LogP contribution in [0.1, 0.15) is 407 Å². The normalized spacial score (nSPS) is 11.6. The Morgan fingerprint density at radius 2 is 0.528 bits per heavy atom. The molecule has 0 radical (unpaired) electrons. The van der Waals surface area contributed by atoms with Gasteiger partial charge in [0.2, 0.25) is 16.6 Å². The first kappa shape index (κ1) is 114. The molecule has 9 heteroatoms. The number of nitrogens with zero attached hydrogens (tertiary/aromatic N) is 9. The summed E-state index contributed by atoms with van der Waals surface area (Å²) in [7, 11) is 0. The lowest BCUT2D eigenvalue weighted by molar-refractivity contribution is -0.722. The number of fused-ring (bicyclic) bond motifs is 9. The molecule has 9 aromatic heterocycles. The fraction of sp³-hybridized carbons (Fsp3) is 0.400. The van der Waals surface area contributed by atoms with Crippen molar-refractivity contribution in [3.8, 4) is 0 Å². The van der Waals surface area contributed by atoms with Crippen LogP contribution in [0, 0.1) is 0 Å². The molecule has 0 unspecified atom stereocenters. The lowest BCUT2D eigenvalue weighted by Gasteiger charge is -2.12. The average Bonchev–Trinajstić information content (AvgIpc) is 0.788. The van der Waals surface area contributed by atoms with Crippen LogP contribution in [0.3, 0.4) is 0 Å². The minimum atomic E-state index is 0.503. The van der Waals surface area contributed by atoms with Crippen LogP contribution in [0.2, 0.25) is 0 Å². The molecule has 0 saturated carbocycles. The highest BCUT2D eigenvalue weighted by atomic mass is 15.0. The van der Waals surface area contributed by atoms with Crippen molar-refractivity contribution in [2.75, 3.05) is 0 Å².